The van der Waals surface area contributed by atoms with Crippen LogP contribution < -0.4 is 0 Å². The van der Waals surface area contributed by atoms with Crippen LogP contribution in [-0.4, -0.2) is 28.2 Å². The maximum Gasteiger partial charge on any atom is 0.419 e. The molecule has 5 heteroatoms. The summed E-state index contributed by atoms with van der Waals surface area (Å²) in [6.45, 7) is 0.450. The lowest BCUT2D eigenvalue weighted by Gasteiger charge is -2.16. The molecular weight excluding hydrogens is 214 g/mol. The number of hydrogen-bond acceptors (Lipinski definition) is 3. The van der Waals surface area contributed by atoms with Gasteiger partial charge in [-0.3, -0.25) is 4.18 Å². The zero-order chi connectivity index (χ0) is 10.7. The number of amides is 1. The Labute approximate surface area is 92.2 Å². The molecule has 2 rings (SSSR count). The maximum atomic E-state index is 10.8. The van der Waals surface area contributed by atoms with Crippen LogP contribution in [0.3, 0.4) is 0 Å². The number of carbonyl (C=O) groups is 1. The Balaban J connectivity index is 2.03. The molecule has 1 aromatic carbocycles. The summed E-state index contributed by atoms with van der Waals surface area (Å²) in [5.41, 5.74) is 1.12. The van der Waals surface area contributed by atoms with E-state index in [-0.39, 0.29) is 6.04 Å². The number of nitrogens with zero attached hydrogens (tertiary/aromatic N) is 1. The fourth-order valence-electron chi connectivity index (χ4n) is 1.51. The molecule has 4 nitrogen and oxygen atoms in total. The van der Waals surface area contributed by atoms with E-state index in [1.165, 1.54) is 4.31 Å². The molecule has 1 fully saturated rings. The van der Waals surface area contributed by atoms with Crippen LogP contribution in [-0.2, 0) is 10.6 Å². The molecule has 1 saturated heterocycles. The van der Waals surface area contributed by atoms with Crippen LogP contribution in [0.1, 0.15) is 5.56 Å². The minimum atomic E-state index is -0.946. The van der Waals surface area contributed by atoms with Crippen molar-refractivity contribution in [2.75, 3.05) is 6.61 Å². The summed E-state index contributed by atoms with van der Waals surface area (Å²) < 4.78 is 6.32. The Kier molecular flexibility index (Phi) is 3.13. The molecule has 15 heavy (non-hydrogen) atoms. The van der Waals surface area contributed by atoms with Crippen molar-refractivity contribution < 1.29 is 14.1 Å². The third kappa shape index (κ3) is 2.43. The average molecular weight is 225 g/mol. The fourth-order valence-corrected chi connectivity index (χ4v) is 2.16. The van der Waals surface area contributed by atoms with Gasteiger partial charge in [-0.25, -0.2) is 9.10 Å². The first kappa shape index (κ1) is 10.3. The van der Waals surface area contributed by atoms with Gasteiger partial charge in [-0.15, -0.1) is 0 Å². The largest absolute Gasteiger partial charge is 0.464 e. The third-order valence-electron chi connectivity index (χ3n) is 2.23. The minimum absolute atomic E-state index is 0.0881. The third-order valence-corrected chi connectivity index (χ3v) is 3.08. The lowest BCUT2D eigenvalue weighted by atomic mass is 10.1. The molecule has 80 valence electrons. The van der Waals surface area contributed by atoms with Crippen molar-refractivity contribution in [3.05, 3.63) is 35.9 Å². The Morgan fingerprint density at radius 1 is 1.53 bits per heavy atom. The van der Waals surface area contributed by atoms with Crippen LogP contribution in [0.2, 0.25) is 0 Å². The monoisotopic (exact) mass is 225 g/mol. The first-order valence-electron chi connectivity index (χ1n) is 4.63. The van der Waals surface area contributed by atoms with Crippen molar-refractivity contribution in [2.24, 2.45) is 0 Å². The van der Waals surface area contributed by atoms with E-state index in [1.54, 1.807) is 0 Å². The van der Waals surface area contributed by atoms with Gasteiger partial charge in [0.15, 0.2) is 0 Å². The maximum absolute atomic E-state index is 10.8. The smallest absolute Gasteiger partial charge is 0.419 e. The average Bonchev–Trinajstić information content (AvgIpc) is 2.67. The topological polar surface area (TPSA) is 49.8 Å². The summed E-state index contributed by atoms with van der Waals surface area (Å²) in [6, 6.07) is 9.73. The number of benzene rings is 1. The van der Waals surface area contributed by atoms with Gasteiger partial charge in [0.1, 0.15) is 12.2 Å². The van der Waals surface area contributed by atoms with Gasteiger partial charge in [0.25, 0.3) is 0 Å². The molecule has 1 aliphatic heterocycles. The first-order chi connectivity index (χ1) is 7.27. The Morgan fingerprint density at radius 2 is 2.27 bits per heavy atom. The quantitative estimate of drug-likeness (QED) is 0.619. The second kappa shape index (κ2) is 4.55. The van der Waals surface area contributed by atoms with Gasteiger partial charge < -0.3 is 5.11 Å². The highest BCUT2D eigenvalue weighted by molar-refractivity contribution is 7.93. The molecule has 0 bridgehead atoms. The molecular formula is C10H11NO3S. The summed E-state index contributed by atoms with van der Waals surface area (Å²) in [6.07, 6.45) is -0.251. The van der Waals surface area contributed by atoms with E-state index < -0.39 is 6.09 Å². The fraction of sp³-hybridized carbons (Fsp3) is 0.300. The Bertz CT molecular complexity index is 344. The number of carboxylic acid groups (broad SMARTS) is 1. The van der Waals surface area contributed by atoms with E-state index >= 15 is 0 Å². The molecule has 0 spiro atoms. The van der Waals surface area contributed by atoms with Gasteiger partial charge in [0.2, 0.25) is 0 Å². The van der Waals surface area contributed by atoms with Gasteiger partial charge in [-0.2, -0.15) is 0 Å². The SMILES string of the molecule is O=C(O)N1SOC[C@H]1Cc1ccccc1. The normalized spacial score (nSPS) is 20.5. The van der Waals surface area contributed by atoms with Crippen LogP contribution in [0, 0.1) is 0 Å². The number of rotatable bonds is 2. The minimum Gasteiger partial charge on any atom is -0.464 e. The van der Waals surface area contributed by atoms with Crippen molar-refractivity contribution in [1.29, 1.82) is 0 Å². The molecule has 0 saturated carbocycles. The molecule has 1 aliphatic rings. The first-order valence-corrected chi connectivity index (χ1v) is 5.33. The van der Waals surface area contributed by atoms with E-state index in [9.17, 15) is 4.79 Å². The predicted octanol–water partition coefficient (Wildman–Crippen LogP) is 2.17. The summed E-state index contributed by atoms with van der Waals surface area (Å²) in [5, 5.41) is 8.89. The standard InChI is InChI=1S/C10H11NO3S/c12-10(13)11-9(7-14-15-11)6-8-4-2-1-3-5-8/h1-5,9H,6-7H2,(H,12,13)/t9-/m1/s1. The molecule has 0 aromatic heterocycles. The van der Waals surface area contributed by atoms with E-state index in [1.807, 2.05) is 30.3 Å². The van der Waals surface area contributed by atoms with Crippen LogP contribution in [0.5, 0.6) is 0 Å². The van der Waals surface area contributed by atoms with Crippen LogP contribution in [0.15, 0.2) is 30.3 Å². The Hall–Kier alpha value is -1.20. The van der Waals surface area contributed by atoms with Crippen LogP contribution in [0.4, 0.5) is 4.79 Å². The zero-order valence-corrected chi connectivity index (χ0v) is 8.81. The number of hydrogen-bond donors (Lipinski definition) is 1. The molecule has 0 unspecified atom stereocenters. The van der Waals surface area contributed by atoms with E-state index in [2.05, 4.69) is 0 Å². The molecule has 1 atom stereocenters. The van der Waals surface area contributed by atoms with E-state index in [4.69, 9.17) is 9.29 Å². The van der Waals surface area contributed by atoms with Crippen LogP contribution in [0.25, 0.3) is 0 Å². The van der Waals surface area contributed by atoms with Gasteiger partial charge in [-0.1, -0.05) is 30.3 Å². The molecule has 0 radical (unpaired) electrons. The molecule has 0 aliphatic carbocycles. The van der Waals surface area contributed by atoms with Crippen molar-refractivity contribution >= 4 is 18.3 Å². The van der Waals surface area contributed by atoms with Gasteiger partial charge in [0.05, 0.1) is 12.6 Å². The second-order valence-electron chi connectivity index (χ2n) is 3.31. The van der Waals surface area contributed by atoms with Crippen molar-refractivity contribution in [2.45, 2.75) is 12.5 Å². The zero-order valence-electron chi connectivity index (χ0n) is 8.00. The molecule has 1 N–H and O–H groups in total. The van der Waals surface area contributed by atoms with E-state index in [0.717, 1.165) is 17.8 Å². The summed E-state index contributed by atoms with van der Waals surface area (Å²) in [5.74, 6) is 0. The van der Waals surface area contributed by atoms with Gasteiger partial charge in [0, 0.05) is 0 Å². The van der Waals surface area contributed by atoms with Crippen molar-refractivity contribution in [1.82, 2.24) is 4.31 Å². The summed E-state index contributed by atoms with van der Waals surface area (Å²) >= 11 is 0.912. The van der Waals surface area contributed by atoms with Gasteiger partial charge >= 0.3 is 6.09 Å². The van der Waals surface area contributed by atoms with Gasteiger partial charge in [-0.05, 0) is 12.0 Å². The highest BCUT2D eigenvalue weighted by Gasteiger charge is 2.31. The van der Waals surface area contributed by atoms with E-state index in [0.29, 0.717) is 13.0 Å². The second-order valence-corrected chi connectivity index (χ2v) is 4.09. The van der Waals surface area contributed by atoms with Crippen molar-refractivity contribution in [3.8, 4) is 0 Å². The molecule has 1 amide bonds. The van der Waals surface area contributed by atoms with Crippen LogP contribution >= 0.6 is 12.2 Å². The highest BCUT2D eigenvalue weighted by Crippen LogP contribution is 2.26. The molecule has 1 aromatic rings. The predicted molar refractivity (Wildman–Crippen MR) is 57.3 cm³/mol. The highest BCUT2D eigenvalue weighted by atomic mass is 32.2. The lowest BCUT2D eigenvalue weighted by molar-refractivity contribution is 0.166. The Morgan fingerprint density at radius 3 is 2.93 bits per heavy atom. The lowest BCUT2D eigenvalue weighted by Crippen LogP contribution is -2.32. The molecule has 1 heterocycles. The van der Waals surface area contributed by atoms with Crippen molar-refractivity contribution in [3.63, 3.8) is 0 Å². The summed E-state index contributed by atoms with van der Waals surface area (Å²) in [7, 11) is 0. The summed E-state index contributed by atoms with van der Waals surface area (Å²) in [4.78, 5) is 10.8.